The number of rotatable bonds is 4. The molecule has 2 nitrogen and oxygen atoms in total. The standard InChI is InChI=1S/C9H19N.C6H15N/c1-8-6-5-7-10(4)9(8,2)3;1-2-3-4-5-6-7/h8H,5-7H2,1-4H3;2-7H2,1H3. The van der Waals surface area contributed by atoms with E-state index in [2.05, 4.69) is 39.6 Å². The van der Waals surface area contributed by atoms with Gasteiger partial charge in [-0.1, -0.05) is 33.1 Å². The molecule has 1 unspecified atom stereocenters. The molecule has 1 heterocycles. The average Bonchev–Trinajstić information content (AvgIpc) is 2.28. The van der Waals surface area contributed by atoms with Gasteiger partial charge in [0.1, 0.15) is 0 Å². The van der Waals surface area contributed by atoms with Crippen LogP contribution in [0.4, 0.5) is 0 Å². The minimum absolute atomic E-state index is 0.429. The monoisotopic (exact) mass is 242 g/mol. The van der Waals surface area contributed by atoms with Crippen LogP contribution in [-0.4, -0.2) is 30.6 Å². The van der Waals surface area contributed by atoms with Crippen LogP contribution >= 0.6 is 0 Å². The van der Waals surface area contributed by atoms with Gasteiger partial charge in [-0.2, -0.15) is 0 Å². The zero-order valence-electron chi connectivity index (χ0n) is 12.8. The van der Waals surface area contributed by atoms with E-state index in [9.17, 15) is 0 Å². The lowest BCUT2D eigenvalue weighted by Crippen LogP contribution is -2.49. The van der Waals surface area contributed by atoms with Gasteiger partial charge in [-0.05, 0) is 59.2 Å². The van der Waals surface area contributed by atoms with Gasteiger partial charge < -0.3 is 10.6 Å². The average molecular weight is 242 g/mol. The summed E-state index contributed by atoms with van der Waals surface area (Å²) in [4.78, 5) is 2.47. The Morgan fingerprint density at radius 2 is 1.88 bits per heavy atom. The Balaban J connectivity index is 0.000000325. The zero-order chi connectivity index (χ0) is 13.3. The second-order valence-corrected chi connectivity index (χ2v) is 5.97. The lowest BCUT2D eigenvalue weighted by atomic mass is 9.81. The lowest BCUT2D eigenvalue weighted by Gasteiger charge is -2.44. The summed E-state index contributed by atoms with van der Waals surface area (Å²) >= 11 is 0. The van der Waals surface area contributed by atoms with E-state index < -0.39 is 0 Å². The first-order valence-corrected chi connectivity index (χ1v) is 7.38. The Bertz CT molecular complexity index is 162. The summed E-state index contributed by atoms with van der Waals surface area (Å²) in [5, 5.41) is 0. The van der Waals surface area contributed by atoms with Crippen molar-refractivity contribution in [3.05, 3.63) is 0 Å². The molecule has 1 atom stereocenters. The van der Waals surface area contributed by atoms with Gasteiger partial charge in [0.05, 0.1) is 0 Å². The normalized spacial score (nSPS) is 24.0. The highest BCUT2D eigenvalue weighted by Gasteiger charge is 2.32. The molecule has 104 valence electrons. The first-order chi connectivity index (χ1) is 7.96. The van der Waals surface area contributed by atoms with E-state index >= 15 is 0 Å². The molecular formula is C15H34N2. The highest BCUT2D eigenvalue weighted by molar-refractivity contribution is 4.88. The predicted molar refractivity (Wildman–Crippen MR) is 78.3 cm³/mol. The van der Waals surface area contributed by atoms with Crippen LogP contribution in [0.25, 0.3) is 0 Å². The Hall–Kier alpha value is -0.0800. The molecule has 17 heavy (non-hydrogen) atoms. The summed E-state index contributed by atoms with van der Waals surface area (Å²) in [5.41, 5.74) is 5.70. The van der Waals surface area contributed by atoms with Crippen LogP contribution in [0.1, 0.15) is 66.2 Å². The van der Waals surface area contributed by atoms with Crippen molar-refractivity contribution in [2.24, 2.45) is 11.7 Å². The van der Waals surface area contributed by atoms with E-state index in [4.69, 9.17) is 5.73 Å². The fourth-order valence-electron chi connectivity index (χ4n) is 2.22. The van der Waals surface area contributed by atoms with Crippen LogP contribution in [0.3, 0.4) is 0 Å². The van der Waals surface area contributed by atoms with Crippen molar-refractivity contribution < 1.29 is 0 Å². The van der Waals surface area contributed by atoms with Gasteiger partial charge in [-0.15, -0.1) is 0 Å². The molecule has 2 heteroatoms. The van der Waals surface area contributed by atoms with Gasteiger partial charge in [-0.3, -0.25) is 0 Å². The quantitative estimate of drug-likeness (QED) is 0.762. The van der Waals surface area contributed by atoms with Crippen molar-refractivity contribution in [2.45, 2.75) is 71.8 Å². The van der Waals surface area contributed by atoms with E-state index in [-0.39, 0.29) is 0 Å². The predicted octanol–water partition coefficient (Wildman–Crippen LogP) is 3.65. The summed E-state index contributed by atoms with van der Waals surface area (Å²) in [6.07, 6.45) is 7.94. The Morgan fingerprint density at radius 3 is 2.29 bits per heavy atom. The molecule has 0 radical (unpaired) electrons. The van der Waals surface area contributed by atoms with Crippen LogP contribution in [0.2, 0.25) is 0 Å². The van der Waals surface area contributed by atoms with Gasteiger partial charge in [0.2, 0.25) is 0 Å². The molecule has 1 fully saturated rings. The molecular weight excluding hydrogens is 208 g/mol. The maximum Gasteiger partial charge on any atom is 0.0175 e. The molecule has 1 saturated heterocycles. The van der Waals surface area contributed by atoms with Crippen LogP contribution in [0.5, 0.6) is 0 Å². The molecule has 1 aliphatic rings. The summed E-state index contributed by atoms with van der Waals surface area (Å²) in [7, 11) is 2.23. The minimum Gasteiger partial charge on any atom is -0.330 e. The number of nitrogens with two attached hydrogens (primary N) is 1. The van der Waals surface area contributed by atoms with Crippen molar-refractivity contribution in [3.63, 3.8) is 0 Å². The van der Waals surface area contributed by atoms with Crippen LogP contribution in [-0.2, 0) is 0 Å². The molecule has 0 aromatic carbocycles. The maximum atomic E-state index is 5.27. The van der Waals surface area contributed by atoms with Crippen molar-refractivity contribution in [1.82, 2.24) is 4.90 Å². The number of likely N-dealkylation sites (tertiary alicyclic amines) is 1. The highest BCUT2D eigenvalue weighted by Crippen LogP contribution is 2.30. The van der Waals surface area contributed by atoms with Crippen LogP contribution in [0, 0.1) is 5.92 Å². The second kappa shape index (κ2) is 8.93. The second-order valence-electron chi connectivity index (χ2n) is 5.97. The van der Waals surface area contributed by atoms with E-state index in [1.165, 1.54) is 45.1 Å². The number of hydrogen-bond donors (Lipinski definition) is 1. The Kier molecular flexibility index (Phi) is 8.89. The first kappa shape index (κ1) is 16.9. The van der Waals surface area contributed by atoms with Crippen LogP contribution in [0.15, 0.2) is 0 Å². The van der Waals surface area contributed by atoms with E-state index in [1.807, 2.05) is 0 Å². The SMILES string of the molecule is CC1CCCN(C)C1(C)C.CCCCCCN. The lowest BCUT2D eigenvalue weighted by molar-refractivity contribution is 0.0547. The maximum absolute atomic E-state index is 5.27. The molecule has 0 saturated carbocycles. The number of hydrogen-bond acceptors (Lipinski definition) is 2. The van der Waals surface area contributed by atoms with E-state index in [0.717, 1.165) is 12.5 Å². The van der Waals surface area contributed by atoms with Gasteiger partial charge in [0.25, 0.3) is 0 Å². The molecule has 1 rings (SSSR count). The molecule has 0 amide bonds. The molecule has 0 aromatic rings. The number of nitrogens with zero attached hydrogens (tertiary/aromatic N) is 1. The summed E-state index contributed by atoms with van der Waals surface area (Å²) in [5.74, 6) is 0.853. The smallest absolute Gasteiger partial charge is 0.0175 e. The molecule has 0 bridgehead atoms. The number of unbranched alkanes of at least 4 members (excludes halogenated alkanes) is 3. The molecule has 0 aromatic heterocycles. The molecule has 0 spiro atoms. The topological polar surface area (TPSA) is 29.3 Å². The third kappa shape index (κ3) is 6.42. The van der Waals surface area contributed by atoms with Crippen LogP contribution < -0.4 is 5.73 Å². The zero-order valence-corrected chi connectivity index (χ0v) is 12.8. The summed E-state index contributed by atoms with van der Waals surface area (Å²) in [6.45, 7) is 11.4. The van der Waals surface area contributed by atoms with Crippen molar-refractivity contribution in [3.8, 4) is 0 Å². The first-order valence-electron chi connectivity index (χ1n) is 7.38. The molecule has 0 aliphatic carbocycles. The van der Waals surface area contributed by atoms with Gasteiger partial charge in [-0.25, -0.2) is 0 Å². The van der Waals surface area contributed by atoms with Gasteiger partial charge in [0.15, 0.2) is 0 Å². The highest BCUT2D eigenvalue weighted by atomic mass is 15.2. The summed E-state index contributed by atoms with van der Waals surface area (Å²) in [6, 6.07) is 0. The minimum atomic E-state index is 0.429. The molecule has 1 aliphatic heterocycles. The number of piperidine rings is 1. The fourth-order valence-corrected chi connectivity index (χ4v) is 2.22. The molecule has 2 N–H and O–H groups in total. The summed E-state index contributed by atoms with van der Waals surface area (Å²) < 4.78 is 0. The fraction of sp³-hybridized carbons (Fsp3) is 1.00. The third-order valence-electron chi connectivity index (χ3n) is 4.38. The third-order valence-corrected chi connectivity index (χ3v) is 4.38. The van der Waals surface area contributed by atoms with Crippen molar-refractivity contribution in [1.29, 1.82) is 0 Å². The van der Waals surface area contributed by atoms with Gasteiger partial charge >= 0.3 is 0 Å². The van der Waals surface area contributed by atoms with E-state index in [0.29, 0.717) is 5.54 Å². The van der Waals surface area contributed by atoms with E-state index in [1.54, 1.807) is 0 Å². The van der Waals surface area contributed by atoms with Crippen molar-refractivity contribution >= 4 is 0 Å². The van der Waals surface area contributed by atoms with Gasteiger partial charge in [0, 0.05) is 5.54 Å². The van der Waals surface area contributed by atoms with Crippen molar-refractivity contribution in [2.75, 3.05) is 20.1 Å². The Morgan fingerprint density at radius 1 is 1.24 bits per heavy atom. The largest absolute Gasteiger partial charge is 0.330 e. The Labute approximate surface area is 109 Å².